The molecule has 0 aliphatic heterocycles. The van der Waals surface area contributed by atoms with E-state index >= 15 is 0 Å². The minimum atomic E-state index is -0.115. The number of hydrogen-bond donors (Lipinski definition) is 1. The van der Waals surface area contributed by atoms with Crippen LogP contribution in [0.2, 0.25) is 0 Å². The molecule has 0 saturated heterocycles. The molecule has 140 valence electrons. The molecule has 0 bridgehead atoms. The molecule has 1 amide bonds. The molecule has 1 heterocycles. The fraction of sp³-hybridized carbons (Fsp3) is 0.273. The summed E-state index contributed by atoms with van der Waals surface area (Å²) in [6.07, 6.45) is 0.870. The summed E-state index contributed by atoms with van der Waals surface area (Å²) in [5.74, 6) is 0.683. The van der Waals surface area contributed by atoms with Crippen molar-refractivity contribution in [3.8, 4) is 5.75 Å². The van der Waals surface area contributed by atoms with Gasteiger partial charge in [-0.3, -0.25) is 4.79 Å². The Bertz CT molecular complexity index is 945. The molecule has 2 aromatic carbocycles. The standard InChI is InChI=1S/C22H24N2O2S/c1-5-17-8-6-7-15(3)20(17)24-22(25)21-16(4)23-19(27-21)13-26-18-11-9-14(2)10-12-18/h6-12H,5,13H2,1-4H3,(H,24,25). The zero-order chi connectivity index (χ0) is 19.4. The number of carbonyl (C=O) groups is 1. The Morgan fingerprint density at radius 3 is 2.56 bits per heavy atom. The number of rotatable bonds is 6. The third-order valence-corrected chi connectivity index (χ3v) is 5.54. The van der Waals surface area contributed by atoms with Crippen molar-refractivity contribution >= 4 is 22.9 Å². The fourth-order valence-electron chi connectivity index (χ4n) is 2.88. The van der Waals surface area contributed by atoms with Crippen molar-refractivity contribution in [2.24, 2.45) is 0 Å². The van der Waals surface area contributed by atoms with Crippen LogP contribution in [0.1, 0.15) is 44.0 Å². The highest BCUT2D eigenvalue weighted by Gasteiger charge is 2.17. The van der Waals surface area contributed by atoms with Gasteiger partial charge in [0.05, 0.1) is 5.69 Å². The highest BCUT2D eigenvalue weighted by Crippen LogP contribution is 2.25. The number of amides is 1. The largest absolute Gasteiger partial charge is 0.486 e. The summed E-state index contributed by atoms with van der Waals surface area (Å²) in [6.45, 7) is 8.35. The minimum absolute atomic E-state index is 0.115. The van der Waals surface area contributed by atoms with Crippen LogP contribution in [0.15, 0.2) is 42.5 Å². The molecule has 1 N–H and O–H groups in total. The molecule has 0 atom stereocenters. The zero-order valence-corrected chi connectivity index (χ0v) is 16.9. The van der Waals surface area contributed by atoms with E-state index in [1.807, 2.05) is 63.2 Å². The third-order valence-electron chi connectivity index (χ3n) is 4.41. The number of anilines is 1. The van der Waals surface area contributed by atoms with E-state index in [0.29, 0.717) is 11.5 Å². The number of nitrogens with one attached hydrogen (secondary N) is 1. The van der Waals surface area contributed by atoms with Gasteiger partial charge in [-0.2, -0.15) is 0 Å². The number of ether oxygens (including phenoxy) is 1. The van der Waals surface area contributed by atoms with Crippen molar-refractivity contribution in [2.75, 3.05) is 5.32 Å². The zero-order valence-electron chi connectivity index (χ0n) is 16.1. The van der Waals surface area contributed by atoms with E-state index < -0.39 is 0 Å². The second-order valence-electron chi connectivity index (χ2n) is 6.54. The number of thiazole rings is 1. The number of aromatic nitrogens is 1. The number of aryl methyl sites for hydroxylation is 4. The normalized spacial score (nSPS) is 10.7. The van der Waals surface area contributed by atoms with E-state index in [1.165, 1.54) is 16.9 Å². The predicted molar refractivity (Wildman–Crippen MR) is 111 cm³/mol. The first kappa shape index (κ1) is 19.1. The van der Waals surface area contributed by atoms with Gasteiger partial charge in [0.2, 0.25) is 0 Å². The monoisotopic (exact) mass is 380 g/mol. The number of hydrogen-bond acceptors (Lipinski definition) is 4. The number of benzene rings is 2. The maximum atomic E-state index is 12.8. The van der Waals surface area contributed by atoms with Gasteiger partial charge in [-0.15, -0.1) is 11.3 Å². The molecule has 0 aliphatic rings. The van der Waals surface area contributed by atoms with E-state index in [1.54, 1.807) is 0 Å². The Morgan fingerprint density at radius 2 is 1.85 bits per heavy atom. The lowest BCUT2D eigenvalue weighted by Crippen LogP contribution is -2.14. The summed E-state index contributed by atoms with van der Waals surface area (Å²) in [5.41, 5.74) is 5.01. The van der Waals surface area contributed by atoms with E-state index in [2.05, 4.69) is 17.2 Å². The van der Waals surface area contributed by atoms with Crippen LogP contribution in [0.25, 0.3) is 0 Å². The maximum Gasteiger partial charge on any atom is 0.267 e. The smallest absolute Gasteiger partial charge is 0.267 e. The molecular formula is C22H24N2O2S. The number of para-hydroxylation sites is 1. The summed E-state index contributed by atoms with van der Waals surface area (Å²) in [5, 5.41) is 3.86. The first-order valence-electron chi connectivity index (χ1n) is 9.03. The number of carbonyl (C=O) groups excluding carboxylic acids is 1. The summed E-state index contributed by atoms with van der Waals surface area (Å²) in [6, 6.07) is 14.0. The van der Waals surface area contributed by atoms with Gasteiger partial charge in [0.25, 0.3) is 5.91 Å². The molecule has 0 unspecified atom stereocenters. The van der Waals surface area contributed by atoms with E-state index in [4.69, 9.17) is 4.74 Å². The van der Waals surface area contributed by atoms with Crippen molar-refractivity contribution in [1.82, 2.24) is 4.98 Å². The van der Waals surface area contributed by atoms with Crippen LogP contribution in [-0.4, -0.2) is 10.9 Å². The Morgan fingerprint density at radius 1 is 1.11 bits per heavy atom. The van der Waals surface area contributed by atoms with Crippen LogP contribution < -0.4 is 10.1 Å². The lowest BCUT2D eigenvalue weighted by atomic mass is 10.1. The summed E-state index contributed by atoms with van der Waals surface area (Å²) < 4.78 is 5.79. The highest BCUT2D eigenvalue weighted by molar-refractivity contribution is 7.13. The van der Waals surface area contributed by atoms with Gasteiger partial charge in [-0.25, -0.2) is 4.98 Å². The summed E-state index contributed by atoms with van der Waals surface area (Å²) in [7, 11) is 0. The first-order valence-corrected chi connectivity index (χ1v) is 9.85. The third kappa shape index (κ3) is 4.55. The molecule has 0 fully saturated rings. The predicted octanol–water partition coefficient (Wildman–Crippen LogP) is 5.46. The van der Waals surface area contributed by atoms with E-state index in [-0.39, 0.29) is 5.91 Å². The Balaban J connectivity index is 1.72. The van der Waals surface area contributed by atoms with Crippen molar-refractivity contribution in [1.29, 1.82) is 0 Å². The fourth-order valence-corrected chi connectivity index (χ4v) is 3.75. The van der Waals surface area contributed by atoms with Crippen molar-refractivity contribution in [2.45, 2.75) is 40.7 Å². The molecular weight excluding hydrogens is 356 g/mol. The topological polar surface area (TPSA) is 51.2 Å². The molecule has 4 nitrogen and oxygen atoms in total. The van der Waals surface area contributed by atoms with Crippen molar-refractivity contribution in [3.05, 3.63) is 74.7 Å². The lowest BCUT2D eigenvalue weighted by molar-refractivity contribution is 0.102. The van der Waals surface area contributed by atoms with Crippen LogP contribution in [0.4, 0.5) is 5.69 Å². The molecule has 27 heavy (non-hydrogen) atoms. The number of nitrogens with zero attached hydrogens (tertiary/aromatic N) is 1. The highest BCUT2D eigenvalue weighted by atomic mass is 32.1. The van der Waals surface area contributed by atoms with Gasteiger partial charge in [-0.05, 0) is 50.5 Å². The quantitative estimate of drug-likeness (QED) is 0.617. The lowest BCUT2D eigenvalue weighted by Gasteiger charge is -2.12. The van der Waals surface area contributed by atoms with Gasteiger partial charge in [-0.1, -0.05) is 42.8 Å². The molecule has 5 heteroatoms. The summed E-state index contributed by atoms with van der Waals surface area (Å²) >= 11 is 1.38. The van der Waals surface area contributed by atoms with Crippen LogP contribution in [0.3, 0.4) is 0 Å². The molecule has 0 spiro atoms. The van der Waals surface area contributed by atoms with E-state index in [9.17, 15) is 4.79 Å². The SMILES string of the molecule is CCc1cccc(C)c1NC(=O)c1sc(COc2ccc(C)cc2)nc1C. The average molecular weight is 381 g/mol. The van der Waals surface area contributed by atoms with Crippen molar-refractivity contribution in [3.63, 3.8) is 0 Å². The van der Waals surface area contributed by atoms with Gasteiger partial charge in [0.1, 0.15) is 22.2 Å². The molecule has 0 radical (unpaired) electrons. The van der Waals surface area contributed by atoms with Crippen LogP contribution >= 0.6 is 11.3 Å². The van der Waals surface area contributed by atoms with E-state index in [0.717, 1.165) is 39.7 Å². The average Bonchev–Trinajstić information content (AvgIpc) is 3.03. The van der Waals surface area contributed by atoms with Crippen LogP contribution in [0.5, 0.6) is 5.75 Å². The Hall–Kier alpha value is -2.66. The maximum absolute atomic E-state index is 12.8. The first-order chi connectivity index (χ1) is 13.0. The minimum Gasteiger partial charge on any atom is -0.486 e. The van der Waals surface area contributed by atoms with Gasteiger partial charge < -0.3 is 10.1 Å². The van der Waals surface area contributed by atoms with Gasteiger partial charge in [0, 0.05) is 5.69 Å². The second-order valence-corrected chi connectivity index (χ2v) is 7.62. The molecule has 3 aromatic rings. The van der Waals surface area contributed by atoms with Crippen LogP contribution in [-0.2, 0) is 13.0 Å². The second kappa shape index (κ2) is 8.35. The molecule has 1 aromatic heterocycles. The Labute approximate surface area is 164 Å². The van der Waals surface area contributed by atoms with Gasteiger partial charge in [0.15, 0.2) is 0 Å². The van der Waals surface area contributed by atoms with Crippen LogP contribution in [0, 0.1) is 20.8 Å². The Kier molecular flexibility index (Phi) is 5.91. The molecule has 0 saturated carbocycles. The molecule has 3 rings (SSSR count). The van der Waals surface area contributed by atoms with Gasteiger partial charge >= 0.3 is 0 Å². The summed E-state index contributed by atoms with van der Waals surface area (Å²) in [4.78, 5) is 17.9. The molecule has 0 aliphatic carbocycles. The van der Waals surface area contributed by atoms with Crippen molar-refractivity contribution < 1.29 is 9.53 Å².